The maximum atomic E-state index is 11.6. The number of carbonyl (C=O) groups is 1. The number of carbonyl (C=O) groups excluding carboxylic acids is 1. The van der Waals surface area contributed by atoms with Crippen LogP contribution in [0.2, 0.25) is 0 Å². The summed E-state index contributed by atoms with van der Waals surface area (Å²) in [7, 11) is 0. The molecule has 0 spiro atoms. The largest absolute Gasteiger partial charge is 0.351 e. The average molecular weight is 262 g/mol. The smallest absolute Gasteiger partial charge is 0.221 e. The van der Waals surface area contributed by atoms with Crippen molar-refractivity contribution in [3.05, 3.63) is 35.9 Å². The quantitative estimate of drug-likeness (QED) is 0.741. The van der Waals surface area contributed by atoms with Gasteiger partial charge in [-0.25, -0.2) is 0 Å². The van der Waals surface area contributed by atoms with Gasteiger partial charge >= 0.3 is 0 Å². The van der Waals surface area contributed by atoms with Gasteiger partial charge in [0.05, 0.1) is 0 Å². The molecular weight excluding hydrogens is 236 g/mol. The molecule has 2 N–H and O–H groups in total. The molecule has 0 aromatic heterocycles. The van der Waals surface area contributed by atoms with Crippen molar-refractivity contribution < 1.29 is 4.79 Å². The molecule has 3 nitrogen and oxygen atoms in total. The molecule has 0 heterocycles. The minimum absolute atomic E-state index is 0.114. The highest BCUT2D eigenvalue weighted by Crippen LogP contribution is 2.01. The van der Waals surface area contributed by atoms with Gasteiger partial charge in [-0.05, 0) is 45.7 Å². The number of nitrogens with one attached hydrogen (secondary N) is 2. The first kappa shape index (κ1) is 15.7. The van der Waals surface area contributed by atoms with E-state index in [4.69, 9.17) is 0 Å². The summed E-state index contributed by atoms with van der Waals surface area (Å²) in [6.07, 6.45) is 2.73. The lowest BCUT2D eigenvalue weighted by molar-refractivity contribution is -0.122. The Morgan fingerprint density at radius 3 is 2.42 bits per heavy atom. The fourth-order valence-electron chi connectivity index (χ4n) is 1.87. The van der Waals surface area contributed by atoms with Gasteiger partial charge in [0.25, 0.3) is 0 Å². The van der Waals surface area contributed by atoms with Crippen LogP contribution in [0.1, 0.15) is 39.2 Å². The molecule has 1 aromatic carbocycles. The summed E-state index contributed by atoms with van der Waals surface area (Å²) >= 11 is 0. The van der Waals surface area contributed by atoms with Crippen LogP contribution in [0.5, 0.6) is 0 Å². The summed E-state index contributed by atoms with van der Waals surface area (Å²) in [5.41, 5.74) is 1.24. The third-order valence-corrected chi connectivity index (χ3v) is 2.71. The molecule has 0 fully saturated rings. The number of rotatable bonds is 7. The molecule has 0 saturated heterocycles. The molecule has 0 aliphatic carbocycles. The number of hydrogen-bond donors (Lipinski definition) is 2. The zero-order valence-electron chi connectivity index (χ0n) is 12.3. The van der Waals surface area contributed by atoms with Crippen LogP contribution in [0.25, 0.3) is 0 Å². The van der Waals surface area contributed by atoms with E-state index in [-0.39, 0.29) is 11.4 Å². The first-order valence-corrected chi connectivity index (χ1v) is 7.03. The van der Waals surface area contributed by atoms with Gasteiger partial charge in [0.2, 0.25) is 5.91 Å². The van der Waals surface area contributed by atoms with Crippen molar-refractivity contribution in [1.82, 2.24) is 10.6 Å². The van der Waals surface area contributed by atoms with Gasteiger partial charge in [0.1, 0.15) is 0 Å². The molecule has 1 aromatic rings. The van der Waals surface area contributed by atoms with Crippen molar-refractivity contribution in [2.45, 2.75) is 45.6 Å². The highest BCUT2D eigenvalue weighted by Gasteiger charge is 2.12. The fourth-order valence-corrected chi connectivity index (χ4v) is 1.87. The van der Waals surface area contributed by atoms with Crippen LogP contribution in [-0.2, 0) is 11.2 Å². The molecular formula is C16H26N2O. The Labute approximate surface area is 116 Å². The molecule has 0 atom stereocenters. The molecule has 0 saturated carbocycles. The van der Waals surface area contributed by atoms with Crippen LogP contribution in [0, 0.1) is 0 Å². The van der Waals surface area contributed by atoms with E-state index in [1.54, 1.807) is 0 Å². The maximum absolute atomic E-state index is 11.6. The van der Waals surface area contributed by atoms with E-state index < -0.39 is 0 Å². The Morgan fingerprint density at radius 2 is 1.79 bits per heavy atom. The van der Waals surface area contributed by atoms with E-state index in [0.29, 0.717) is 6.42 Å². The van der Waals surface area contributed by atoms with E-state index in [9.17, 15) is 4.79 Å². The van der Waals surface area contributed by atoms with Crippen LogP contribution in [0.15, 0.2) is 30.3 Å². The lowest BCUT2D eigenvalue weighted by atomic mass is 10.1. The van der Waals surface area contributed by atoms with Gasteiger partial charge in [0.15, 0.2) is 0 Å². The SMILES string of the molecule is CC(C)(C)NC(=O)CCNCCCc1ccccc1. The van der Waals surface area contributed by atoms with E-state index in [1.807, 2.05) is 26.8 Å². The second-order valence-electron chi connectivity index (χ2n) is 5.89. The normalized spacial score (nSPS) is 11.3. The Balaban J connectivity index is 2.01. The molecule has 0 radical (unpaired) electrons. The van der Waals surface area contributed by atoms with Crippen molar-refractivity contribution in [3.63, 3.8) is 0 Å². The molecule has 19 heavy (non-hydrogen) atoms. The van der Waals surface area contributed by atoms with Crippen LogP contribution < -0.4 is 10.6 Å². The number of hydrogen-bond acceptors (Lipinski definition) is 2. The monoisotopic (exact) mass is 262 g/mol. The second-order valence-corrected chi connectivity index (χ2v) is 5.89. The van der Waals surface area contributed by atoms with Crippen molar-refractivity contribution in [2.75, 3.05) is 13.1 Å². The third-order valence-electron chi connectivity index (χ3n) is 2.71. The number of amides is 1. The Hall–Kier alpha value is -1.35. The van der Waals surface area contributed by atoms with Crippen LogP contribution in [-0.4, -0.2) is 24.5 Å². The first-order valence-electron chi connectivity index (χ1n) is 7.03. The number of aryl methyl sites for hydroxylation is 1. The summed E-state index contributed by atoms with van der Waals surface area (Å²) in [5, 5.41) is 6.27. The minimum Gasteiger partial charge on any atom is -0.351 e. The van der Waals surface area contributed by atoms with E-state index in [2.05, 4.69) is 34.9 Å². The molecule has 0 aliphatic rings. The van der Waals surface area contributed by atoms with Gasteiger partial charge in [-0.15, -0.1) is 0 Å². The summed E-state index contributed by atoms with van der Waals surface area (Å²) in [6, 6.07) is 10.5. The Kier molecular flexibility index (Phi) is 6.57. The zero-order valence-corrected chi connectivity index (χ0v) is 12.3. The van der Waals surface area contributed by atoms with Crippen molar-refractivity contribution in [2.24, 2.45) is 0 Å². The van der Waals surface area contributed by atoms with E-state index in [1.165, 1.54) is 5.56 Å². The van der Waals surface area contributed by atoms with Gasteiger partial charge in [-0.1, -0.05) is 30.3 Å². The molecule has 0 aliphatic heterocycles. The standard InChI is InChI=1S/C16H26N2O/c1-16(2,3)18-15(19)11-13-17-12-7-10-14-8-5-4-6-9-14/h4-6,8-9,17H,7,10-13H2,1-3H3,(H,18,19). The summed E-state index contributed by atoms with van der Waals surface area (Å²) in [5.74, 6) is 0.114. The molecule has 1 amide bonds. The summed E-state index contributed by atoms with van der Waals surface area (Å²) < 4.78 is 0. The third kappa shape index (κ3) is 8.38. The van der Waals surface area contributed by atoms with Crippen molar-refractivity contribution in [1.29, 1.82) is 0 Å². The van der Waals surface area contributed by atoms with Crippen LogP contribution in [0.3, 0.4) is 0 Å². The molecule has 1 rings (SSSR count). The van der Waals surface area contributed by atoms with Gasteiger partial charge < -0.3 is 10.6 Å². The van der Waals surface area contributed by atoms with Crippen molar-refractivity contribution in [3.8, 4) is 0 Å². The average Bonchev–Trinajstić information content (AvgIpc) is 2.32. The lowest BCUT2D eigenvalue weighted by Crippen LogP contribution is -2.41. The van der Waals surface area contributed by atoms with Crippen LogP contribution in [0.4, 0.5) is 0 Å². The topological polar surface area (TPSA) is 41.1 Å². The van der Waals surface area contributed by atoms with Gasteiger partial charge in [-0.3, -0.25) is 4.79 Å². The van der Waals surface area contributed by atoms with Gasteiger partial charge in [0, 0.05) is 18.5 Å². The number of benzene rings is 1. The predicted molar refractivity (Wildman–Crippen MR) is 80.1 cm³/mol. The molecule has 0 unspecified atom stereocenters. The Morgan fingerprint density at radius 1 is 1.11 bits per heavy atom. The second kappa shape index (κ2) is 7.95. The lowest BCUT2D eigenvalue weighted by Gasteiger charge is -2.20. The van der Waals surface area contributed by atoms with Crippen LogP contribution >= 0.6 is 0 Å². The highest BCUT2D eigenvalue weighted by atomic mass is 16.1. The summed E-state index contributed by atoms with van der Waals surface area (Å²) in [6.45, 7) is 7.70. The fraction of sp³-hybridized carbons (Fsp3) is 0.562. The Bertz CT molecular complexity index is 368. The summed E-state index contributed by atoms with van der Waals surface area (Å²) in [4.78, 5) is 11.6. The molecule has 0 bridgehead atoms. The molecule has 3 heteroatoms. The highest BCUT2D eigenvalue weighted by molar-refractivity contribution is 5.76. The van der Waals surface area contributed by atoms with Crippen molar-refractivity contribution >= 4 is 5.91 Å². The first-order chi connectivity index (χ1) is 8.97. The van der Waals surface area contributed by atoms with Gasteiger partial charge in [-0.2, -0.15) is 0 Å². The van der Waals surface area contributed by atoms with E-state index in [0.717, 1.165) is 25.9 Å². The molecule has 106 valence electrons. The zero-order chi connectivity index (χ0) is 14.1. The van der Waals surface area contributed by atoms with E-state index >= 15 is 0 Å². The minimum atomic E-state index is -0.135. The maximum Gasteiger partial charge on any atom is 0.221 e. The predicted octanol–water partition coefficient (Wildman–Crippen LogP) is 2.51.